The molecule has 390 valence electrons. The molecule has 67 heavy (non-hydrogen) atoms. The first-order valence-electron chi connectivity index (χ1n) is 29.1. The quantitative estimate of drug-likeness (QED) is 0.0262. The highest BCUT2D eigenvalue weighted by atomic mass is 16.6. The Morgan fingerprint density at radius 1 is 0.299 bits per heavy atom. The van der Waals surface area contributed by atoms with Crippen LogP contribution >= 0.6 is 0 Å². The van der Waals surface area contributed by atoms with Gasteiger partial charge in [0.25, 0.3) is 0 Å². The number of esters is 3. The molecule has 0 aromatic carbocycles. The van der Waals surface area contributed by atoms with E-state index in [1.165, 1.54) is 186 Å². The lowest BCUT2D eigenvalue weighted by Gasteiger charge is -2.18. The van der Waals surface area contributed by atoms with Crippen LogP contribution in [0.5, 0.6) is 0 Å². The van der Waals surface area contributed by atoms with Crippen LogP contribution in [0.3, 0.4) is 0 Å². The Balaban J connectivity index is 4.38. The molecule has 0 saturated heterocycles. The van der Waals surface area contributed by atoms with Crippen molar-refractivity contribution >= 4 is 17.9 Å². The van der Waals surface area contributed by atoms with E-state index in [2.05, 4.69) is 69.4 Å². The summed E-state index contributed by atoms with van der Waals surface area (Å²) in [7, 11) is 0. The molecule has 6 nitrogen and oxygen atoms in total. The van der Waals surface area contributed by atoms with Crippen molar-refractivity contribution in [3.05, 3.63) is 48.6 Å². The topological polar surface area (TPSA) is 78.9 Å². The lowest BCUT2D eigenvalue weighted by molar-refractivity contribution is -0.167. The monoisotopic (exact) mass is 939 g/mol. The average molecular weight is 940 g/mol. The number of unbranched alkanes of at least 4 members (excludes halogenated alkanes) is 34. The van der Waals surface area contributed by atoms with E-state index >= 15 is 0 Å². The van der Waals surface area contributed by atoms with Crippen molar-refractivity contribution in [2.24, 2.45) is 0 Å². The van der Waals surface area contributed by atoms with Crippen molar-refractivity contribution in [2.75, 3.05) is 13.2 Å². The van der Waals surface area contributed by atoms with Crippen molar-refractivity contribution in [3.8, 4) is 0 Å². The summed E-state index contributed by atoms with van der Waals surface area (Å²) < 4.78 is 16.9. The van der Waals surface area contributed by atoms with E-state index in [0.29, 0.717) is 19.3 Å². The zero-order valence-electron chi connectivity index (χ0n) is 44.7. The fraction of sp³-hybridized carbons (Fsp3) is 0.820. The van der Waals surface area contributed by atoms with Crippen molar-refractivity contribution in [2.45, 2.75) is 309 Å². The maximum Gasteiger partial charge on any atom is 0.306 e. The second kappa shape index (κ2) is 56.0. The molecule has 0 aliphatic heterocycles. The van der Waals surface area contributed by atoms with Crippen molar-refractivity contribution in [1.29, 1.82) is 0 Å². The Kier molecular flexibility index (Phi) is 53.8. The molecule has 0 saturated carbocycles. The lowest BCUT2D eigenvalue weighted by Crippen LogP contribution is -2.30. The summed E-state index contributed by atoms with van der Waals surface area (Å²) in [4.78, 5) is 38.2. The SMILES string of the molecule is CCCC/C=C\C/C=C\CCCCCCCC(=O)OCC(COC(=O)CCCCCCCCC/C=C\CCCCCCCCC)OC(=O)CCCCCCCCC/C=C\CCCCCCCC. The van der Waals surface area contributed by atoms with E-state index in [1.54, 1.807) is 0 Å². The van der Waals surface area contributed by atoms with Gasteiger partial charge in [-0.2, -0.15) is 0 Å². The summed E-state index contributed by atoms with van der Waals surface area (Å²) in [6.07, 6.45) is 68.1. The van der Waals surface area contributed by atoms with Gasteiger partial charge in [0.1, 0.15) is 13.2 Å². The van der Waals surface area contributed by atoms with E-state index < -0.39 is 6.10 Å². The van der Waals surface area contributed by atoms with Gasteiger partial charge in [-0.05, 0) is 96.3 Å². The molecule has 0 rings (SSSR count). The molecule has 0 aromatic rings. The van der Waals surface area contributed by atoms with Gasteiger partial charge in [0.15, 0.2) is 6.10 Å². The minimum absolute atomic E-state index is 0.0802. The van der Waals surface area contributed by atoms with Gasteiger partial charge in [-0.15, -0.1) is 0 Å². The highest BCUT2D eigenvalue weighted by molar-refractivity contribution is 5.71. The molecule has 0 amide bonds. The summed E-state index contributed by atoms with van der Waals surface area (Å²) >= 11 is 0. The van der Waals surface area contributed by atoms with E-state index in [-0.39, 0.29) is 31.1 Å². The fourth-order valence-electron chi connectivity index (χ4n) is 8.33. The summed E-state index contributed by atoms with van der Waals surface area (Å²) in [5.74, 6) is -0.890. The highest BCUT2D eigenvalue weighted by Crippen LogP contribution is 2.15. The zero-order valence-corrected chi connectivity index (χ0v) is 44.7. The number of carbonyl (C=O) groups is 3. The van der Waals surface area contributed by atoms with Crippen LogP contribution in [0.2, 0.25) is 0 Å². The normalized spacial score (nSPS) is 12.3. The Bertz CT molecular complexity index is 1170. The minimum Gasteiger partial charge on any atom is -0.462 e. The zero-order chi connectivity index (χ0) is 48.6. The van der Waals surface area contributed by atoms with Gasteiger partial charge in [-0.3, -0.25) is 14.4 Å². The number of ether oxygens (including phenoxy) is 3. The molecule has 1 atom stereocenters. The molecule has 0 aliphatic carbocycles. The van der Waals surface area contributed by atoms with Gasteiger partial charge in [0.2, 0.25) is 0 Å². The standard InChI is InChI=1S/C61H110O6/c1-4-7-10-13-16-19-22-25-28-30-32-33-36-39-42-45-48-51-54-60(63)66-57-58(56-65-59(62)53-50-47-44-41-38-35-27-24-21-18-15-12-9-6-3)67-61(64)55-52-49-46-43-40-37-34-31-29-26-23-20-17-14-11-8-5-2/h15,18,24,26-30,58H,4-14,16-17,19-23,25,31-57H2,1-3H3/b18-15-,27-24-,29-26-,30-28-. The van der Waals surface area contributed by atoms with Crippen LogP contribution in [-0.2, 0) is 28.6 Å². The summed E-state index contributed by atoms with van der Waals surface area (Å²) in [5.41, 5.74) is 0. The highest BCUT2D eigenvalue weighted by Gasteiger charge is 2.19. The van der Waals surface area contributed by atoms with Gasteiger partial charge in [-0.1, -0.05) is 236 Å². The third-order valence-corrected chi connectivity index (χ3v) is 12.8. The summed E-state index contributed by atoms with van der Waals surface area (Å²) in [6, 6.07) is 0. The lowest BCUT2D eigenvalue weighted by atomic mass is 10.1. The van der Waals surface area contributed by atoms with Crippen LogP contribution in [0.1, 0.15) is 303 Å². The fourth-order valence-corrected chi connectivity index (χ4v) is 8.33. The van der Waals surface area contributed by atoms with Crippen molar-refractivity contribution in [1.82, 2.24) is 0 Å². The minimum atomic E-state index is -0.782. The Morgan fingerprint density at radius 3 is 0.881 bits per heavy atom. The molecule has 0 fully saturated rings. The first kappa shape index (κ1) is 64.4. The Labute approximate surface area is 416 Å². The van der Waals surface area contributed by atoms with Gasteiger partial charge < -0.3 is 14.2 Å². The summed E-state index contributed by atoms with van der Waals surface area (Å²) in [5, 5.41) is 0. The van der Waals surface area contributed by atoms with Crippen LogP contribution in [0.15, 0.2) is 48.6 Å². The number of rotatable bonds is 53. The van der Waals surface area contributed by atoms with Crippen molar-refractivity contribution in [3.63, 3.8) is 0 Å². The second-order valence-electron chi connectivity index (χ2n) is 19.5. The number of hydrogen-bond acceptors (Lipinski definition) is 6. The van der Waals surface area contributed by atoms with Crippen LogP contribution in [-0.4, -0.2) is 37.2 Å². The van der Waals surface area contributed by atoms with E-state index in [4.69, 9.17) is 14.2 Å². The average Bonchev–Trinajstić information content (AvgIpc) is 3.33. The van der Waals surface area contributed by atoms with Crippen LogP contribution in [0.4, 0.5) is 0 Å². The van der Waals surface area contributed by atoms with Crippen molar-refractivity contribution < 1.29 is 28.6 Å². The molecule has 6 heteroatoms. The maximum absolute atomic E-state index is 12.9. The molecule has 1 unspecified atom stereocenters. The van der Waals surface area contributed by atoms with E-state index in [9.17, 15) is 14.4 Å². The smallest absolute Gasteiger partial charge is 0.306 e. The number of hydrogen-bond donors (Lipinski definition) is 0. The Morgan fingerprint density at radius 2 is 0.552 bits per heavy atom. The molecular formula is C61H110O6. The molecule has 0 aliphatic rings. The third kappa shape index (κ3) is 54.2. The van der Waals surface area contributed by atoms with Crippen LogP contribution < -0.4 is 0 Å². The molecule has 0 radical (unpaired) electrons. The van der Waals surface area contributed by atoms with Gasteiger partial charge in [0, 0.05) is 19.3 Å². The molecule has 0 heterocycles. The first-order chi connectivity index (χ1) is 33.0. The Hall–Kier alpha value is -2.63. The van der Waals surface area contributed by atoms with Gasteiger partial charge >= 0.3 is 17.9 Å². The summed E-state index contributed by atoms with van der Waals surface area (Å²) in [6.45, 7) is 6.60. The number of allylic oxidation sites excluding steroid dienone is 8. The number of carbonyl (C=O) groups excluding carboxylic acids is 3. The molecule has 0 bridgehead atoms. The maximum atomic E-state index is 12.9. The molecule has 0 spiro atoms. The first-order valence-corrected chi connectivity index (χ1v) is 29.1. The molecular weight excluding hydrogens is 829 g/mol. The van der Waals surface area contributed by atoms with Gasteiger partial charge in [0.05, 0.1) is 0 Å². The predicted molar refractivity (Wildman–Crippen MR) is 289 cm³/mol. The second-order valence-corrected chi connectivity index (χ2v) is 19.5. The third-order valence-electron chi connectivity index (χ3n) is 12.8. The van der Waals surface area contributed by atoms with Gasteiger partial charge in [-0.25, -0.2) is 0 Å². The van der Waals surface area contributed by atoms with Crippen LogP contribution in [0.25, 0.3) is 0 Å². The van der Waals surface area contributed by atoms with Crippen LogP contribution in [0, 0.1) is 0 Å². The van der Waals surface area contributed by atoms with E-state index in [0.717, 1.165) is 77.0 Å². The molecule has 0 N–H and O–H groups in total. The largest absolute Gasteiger partial charge is 0.462 e. The van der Waals surface area contributed by atoms with E-state index in [1.807, 2.05) is 0 Å². The molecule has 0 aromatic heterocycles. The predicted octanol–water partition coefficient (Wildman–Crippen LogP) is 19.4.